The van der Waals surface area contributed by atoms with Crippen LogP contribution in [-0.4, -0.2) is 24.3 Å². The maximum Gasteiger partial charge on any atom is 0.0678 e. The van der Waals surface area contributed by atoms with Crippen LogP contribution in [0.15, 0.2) is 0 Å². The van der Waals surface area contributed by atoms with E-state index in [0.29, 0.717) is 0 Å². The summed E-state index contributed by atoms with van der Waals surface area (Å²) >= 11 is 0. The summed E-state index contributed by atoms with van der Waals surface area (Å²) in [5.41, 5.74) is 5.72. The molecule has 2 atom stereocenters. The van der Waals surface area contributed by atoms with Gasteiger partial charge in [0.25, 0.3) is 0 Å². The number of aliphatic hydroxyl groups is 1. The fourth-order valence-corrected chi connectivity index (χ4v) is 0.749. The van der Waals surface area contributed by atoms with Gasteiger partial charge in [-0.3, -0.25) is 10.9 Å². The van der Waals surface area contributed by atoms with Crippen molar-refractivity contribution in [3.8, 4) is 0 Å². The molecule has 0 aromatic carbocycles. The highest BCUT2D eigenvalue weighted by molar-refractivity contribution is 4.66. The third kappa shape index (κ3) is 3.46. The van der Waals surface area contributed by atoms with E-state index in [9.17, 15) is 0 Å². The summed E-state index contributed by atoms with van der Waals surface area (Å²) in [5, 5.41) is 9.04. The van der Waals surface area contributed by atoms with E-state index in [1.807, 2.05) is 6.92 Å². The summed E-state index contributed by atoms with van der Waals surface area (Å²) in [6.45, 7) is 3.81. The normalized spacial score (nSPS) is 17.3. The van der Waals surface area contributed by atoms with Gasteiger partial charge in [0.2, 0.25) is 0 Å². The van der Waals surface area contributed by atoms with Crippen molar-refractivity contribution in [1.29, 1.82) is 0 Å². The van der Waals surface area contributed by atoms with Gasteiger partial charge in [-0.25, -0.2) is 0 Å². The molecule has 0 spiro atoms. The smallest absolute Gasteiger partial charge is 0.0678 e. The first-order valence-corrected chi connectivity index (χ1v) is 3.32. The predicted molar refractivity (Wildman–Crippen MR) is 38.0 cm³/mol. The summed E-state index contributed by atoms with van der Waals surface area (Å²) < 4.78 is 0. The van der Waals surface area contributed by atoms with Crippen LogP contribution in [0.5, 0.6) is 0 Å². The molecule has 0 unspecified atom stereocenters. The van der Waals surface area contributed by atoms with E-state index in [0.717, 1.165) is 6.42 Å². The van der Waals surface area contributed by atoms with Crippen LogP contribution in [0.25, 0.3) is 0 Å². The van der Waals surface area contributed by atoms with Crippen LogP contribution in [0, 0.1) is 0 Å². The average Bonchev–Trinajstić information content (AvgIpc) is 1.82. The van der Waals surface area contributed by atoms with E-state index >= 15 is 0 Å². The van der Waals surface area contributed by atoms with Crippen molar-refractivity contribution in [3.05, 3.63) is 0 Å². The molecule has 56 valence electrons. The minimum absolute atomic E-state index is 0.162. The number of hydrogen-bond acceptors (Lipinski definition) is 3. The van der Waals surface area contributed by atoms with Crippen molar-refractivity contribution in [3.63, 3.8) is 0 Å². The monoisotopic (exact) mass is 132 g/mol. The largest absolute Gasteiger partial charge is 0.392 e. The molecule has 3 nitrogen and oxygen atoms in total. The van der Waals surface area contributed by atoms with E-state index < -0.39 is 0 Å². The number of hydrogen-bond donors (Lipinski definition) is 3. The Hall–Kier alpha value is -0.120. The number of rotatable bonds is 4. The fraction of sp³-hybridized carbons (Fsp3) is 1.00. The summed E-state index contributed by atoms with van der Waals surface area (Å²) in [7, 11) is 1.80. The van der Waals surface area contributed by atoms with Crippen molar-refractivity contribution < 1.29 is 5.11 Å². The van der Waals surface area contributed by atoms with Crippen LogP contribution >= 0.6 is 0 Å². The van der Waals surface area contributed by atoms with Gasteiger partial charge in [0.05, 0.1) is 6.10 Å². The Labute approximate surface area is 56.4 Å². The standard InChI is InChI=1S/C6H16N2O/c1-4-6(5(2)9)8-7-3/h5-9H,4H2,1-3H3/t5-,6-/m0/s1. The summed E-state index contributed by atoms with van der Waals surface area (Å²) in [6.07, 6.45) is 0.640. The molecule has 0 bridgehead atoms. The molecular formula is C6H16N2O. The van der Waals surface area contributed by atoms with Gasteiger partial charge in [-0.05, 0) is 20.4 Å². The second-order valence-electron chi connectivity index (χ2n) is 2.15. The Morgan fingerprint density at radius 2 is 2.11 bits per heavy atom. The van der Waals surface area contributed by atoms with Crippen molar-refractivity contribution in [2.45, 2.75) is 32.4 Å². The van der Waals surface area contributed by atoms with Crippen molar-refractivity contribution in [2.24, 2.45) is 0 Å². The first kappa shape index (κ1) is 8.88. The Bertz CT molecular complexity index is 66.1. The van der Waals surface area contributed by atoms with Gasteiger partial charge in [-0.1, -0.05) is 6.92 Å². The number of hydrazine groups is 1. The Morgan fingerprint density at radius 1 is 1.56 bits per heavy atom. The molecule has 3 heteroatoms. The quantitative estimate of drug-likeness (QED) is 0.467. The van der Waals surface area contributed by atoms with Crippen LogP contribution in [-0.2, 0) is 0 Å². The van der Waals surface area contributed by atoms with Crippen LogP contribution in [0.4, 0.5) is 0 Å². The van der Waals surface area contributed by atoms with Crippen LogP contribution < -0.4 is 10.9 Å². The zero-order valence-corrected chi connectivity index (χ0v) is 6.31. The summed E-state index contributed by atoms with van der Waals surface area (Å²) in [5.74, 6) is 0. The number of aliphatic hydroxyl groups excluding tert-OH is 1. The molecule has 0 heterocycles. The van der Waals surface area contributed by atoms with Gasteiger partial charge in [-0.2, -0.15) is 0 Å². The molecule has 0 aromatic rings. The molecule has 0 fully saturated rings. The molecule has 0 aliphatic heterocycles. The van der Waals surface area contributed by atoms with Gasteiger partial charge >= 0.3 is 0 Å². The maximum atomic E-state index is 9.04. The second-order valence-corrected chi connectivity index (χ2v) is 2.15. The van der Waals surface area contributed by atoms with Gasteiger partial charge < -0.3 is 5.11 Å². The molecule has 0 aliphatic rings. The Kier molecular flexibility index (Phi) is 4.67. The van der Waals surface area contributed by atoms with Crippen LogP contribution in [0.3, 0.4) is 0 Å². The molecule has 0 aromatic heterocycles. The zero-order chi connectivity index (χ0) is 7.28. The minimum atomic E-state index is -0.289. The highest BCUT2D eigenvalue weighted by Gasteiger charge is 2.09. The zero-order valence-electron chi connectivity index (χ0n) is 6.31. The SMILES string of the molecule is CC[C@H](NNC)[C@H](C)O. The molecule has 0 rings (SSSR count). The Balaban J connectivity index is 3.41. The lowest BCUT2D eigenvalue weighted by atomic mass is 10.1. The third-order valence-electron chi connectivity index (χ3n) is 1.35. The van der Waals surface area contributed by atoms with E-state index in [-0.39, 0.29) is 12.1 Å². The molecule has 0 amide bonds. The molecule has 9 heavy (non-hydrogen) atoms. The lowest BCUT2D eigenvalue weighted by Gasteiger charge is -2.18. The lowest BCUT2D eigenvalue weighted by Crippen LogP contribution is -2.44. The van der Waals surface area contributed by atoms with Crippen molar-refractivity contribution >= 4 is 0 Å². The predicted octanol–water partition coefficient (Wildman–Crippen LogP) is -0.130. The van der Waals surface area contributed by atoms with Gasteiger partial charge in [0.15, 0.2) is 0 Å². The van der Waals surface area contributed by atoms with Crippen LogP contribution in [0.2, 0.25) is 0 Å². The molecule has 3 N–H and O–H groups in total. The van der Waals surface area contributed by atoms with Gasteiger partial charge in [0.1, 0.15) is 0 Å². The highest BCUT2D eigenvalue weighted by atomic mass is 16.3. The molecular weight excluding hydrogens is 116 g/mol. The molecule has 0 radical (unpaired) electrons. The van der Waals surface area contributed by atoms with Gasteiger partial charge in [0, 0.05) is 6.04 Å². The maximum absolute atomic E-state index is 9.04. The molecule has 0 aliphatic carbocycles. The third-order valence-corrected chi connectivity index (χ3v) is 1.35. The van der Waals surface area contributed by atoms with E-state index in [2.05, 4.69) is 10.9 Å². The van der Waals surface area contributed by atoms with E-state index in [1.165, 1.54) is 0 Å². The number of nitrogens with one attached hydrogen (secondary N) is 2. The lowest BCUT2D eigenvalue weighted by molar-refractivity contribution is 0.136. The molecule has 0 saturated carbocycles. The van der Waals surface area contributed by atoms with Crippen molar-refractivity contribution in [2.75, 3.05) is 7.05 Å². The average molecular weight is 132 g/mol. The first-order chi connectivity index (χ1) is 4.22. The second kappa shape index (κ2) is 4.73. The summed E-state index contributed by atoms with van der Waals surface area (Å²) in [6, 6.07) is 0.162. The first-order valence-electron chi connectivity index (χ1n) is 3.32. The topological polar surface area (TPSA) is 44.3 Å². The molecule has 0 saturated heterocycles. The fourth-order valence-electron chi connectivity index (χ4n) is 0.749. The minimum Gasteiger partial charge on any atom is -0.392 e. The highest BCUT2D eigenvalue weighted by Crippen LogP contribution is 1.94. The van der Waals surface area contributed by atoms with Gasteiger partial charge in [-0.15, -0.1) is 0 Å². The summed E-state index contributed by atoms with van der Waals surface area (Å²) in [4.78, 5) is 0. The van der Waals surface area contributed by atoms with Crippen molar-refractivity contribution in [1.82, 2.24) is 10.9 Å². The van der Waals surface area contributed by atoms with Crippen LogP contribution in [0.1, 0.15) is 20.3 Å². The van der Waals surface area contributed by atoms with E-state index in [4.69, 9.17) is 5.11 Å². The Morgan fingerprint density at radius 3 is 2.22 bits per heavy atom. The van der Waals surface area contributed by atoms with E-state index in [1.54, 1.807) is 14.0 Å².